The number of nitrogens with one attached hydrogen (secondary N) is 1. The van der Waals surface area contributed by atoms with E-state index in [4.69, 9.17) is 4.52 Å². The molecule has 1 aromatic rings. The van der Waals surface area contributed by atoms with Gasteiger partial charge in [-0.15, -0.1) is 0 Å². The molecule has 4 heteroatoms. The Morgan fingerprint density at radius 3 is 2.42 bits per heavy atom. The van der Waals surface area contributed by atoms with E-state index < -0.39 is 7.52 Å². The zero-order chi connectivity index (χ0) is 17.7. The van der Waals surface area contributed by atoms with Crippen LogP contribution in [-0.4, -0.2) is 12.6 Å². The van der Waals surface area contributed by atoms with E-state index in [0.717, 1.165) is 11.7 Å². The third-order valence-electron chi connectivity index (χ3n) is 5.05. The Morgan fingerprint density at radius 1 is 1.17 bits per heavy atom. The Morgan fingerprint density at radius 2 is 1.83 bits per heavy atom. The van der Waals surface area contributed by atoms with Crippen molar-refractivity contribution in [2.75, 3.05) is 6.54 Å². The molecular formula is C20H34NO2P. The van der Waals surface area contributed by atoms with E-state index in [2.05, 4.69) is 39.7 Å². The Bertz CT molecular complexity index is 544. The first kappa shape index (κ1) is 19.7. The van der Waals surface area contributed by atoms with Crippen LogP contribution in [0.15, 0.2) is 30.3 Å². The van der Waals surface area contributed by atoms with Crippen LogP contribution < -0.4 is 10.4 Å². The summed E-state index contributed by atoms with van der Waals surface area (Å²) in [7, 11) is -3.05. The van der Waals surface area contributed by atoms with Gasteiger partial charge in [0.1, 0.15) is 0 Å². The first-order valence-electron chi connectivity index (χ1n) is 9.41. The topological polar surface area (TPSA) is 38.3 Å². The maximum absolute atomic E-state index is 13.7. The van der Waals surface area contributed by atoms with Gasteiger partial charge < -0.3 is 4.52 Å². The number of rotatable bonds is 7. The Hall–Kier alpha value is -0.630. The highest BCUT2D eigenvalue weighted by Gasteiger charge is 2.37. The summed E-state index contributed by atoms with van der Waals surface area (Å²) in [6.07, 6.45) is 3.49. The third-order valence-corrected chi connectivity index (χ3v) is 7.19. The number of hydrogen-bond donors (Lipinski definition) is 1. The largest absolute Gasteiger partial charge is 0.311 e. The van der Waals surface area contributed by atoms with E-state index in [-0.39, 0.29) is 6.10 Å². The molecule has 4 atom stereocenters. The normalized spacial score (nSPS) is 27.4. The van der Waals surface area contributed by atoms with E-state index in [1.807, 2.05) is 30.3 Å². The van der Waals surface area contributed by atoms with Crippen LogP contribution >= 0.6 is 7.52 Å². The van der Waals surface area contributed by atoms with Crippen LogP contribution in [0, 0.1) is 23.7 Å². The molecular weight excluding hydrogens is 317 g/mol. The highest BCUT2D eigenvalue weighted by molar-refractivity contribution is 7.65. The molecule has 0 aromatic heterocycles. The van der Waals surface area contributed by atoms with Crippen LogP contribution in [0.4, 0.5) is 0 Å². The lowest BCUT2D eigenvalue weighted by molar-refractivity contribution is 0.0482. The highest BCUT2D eigenvalue weighted by Crippen LogP contribution is 2.48. The minimum atomic E-state index is -3.05. The van der Waals surface area contributed by atoms with E-state index in [1.54, 1.807) is 0 Å². The molecule has 1 aliphatic rings. The van der Waals surface area contributed by atoms with Crippen molar-refractivity contribution < 1.29 is 9.09 Å². The second-order valence-corrected chi connectivity index (χ2v) is 10.3. The number of benzene rings is 1. The average molecular weight is 351 g/mol. The van der Waals surface area contributed by atoms with Gasteiger partial charge >= 0.3 is 0 Å². The van der Waals surface area contributed by atoms with Crippen molar-refractivity contribution in [2.24, 2.45) is 23.7 Å². The lowest BCUT2D eigenvalue weighted by atomic mass is 9.75. The molecule has 0 amide bonds. The van der Waals surface area contributed by atoms with Gasteiger partial charge in [-0.2, -0.15) is 0 Å². The molecule has 1 aromatic carbocycles. The van der Waals surface area contributed by atoms with E-state index in [1.165, 1.54) is 12.8 Å². The number of hydrogen-bond acceptors (Lipinski definition) is 2. The van der Waals surface area contributed by atoms with E-state index in [0.29, 0.717) is 30.2 Å². The zero-order valence-corrected chi connectivity index (χ0v) is 16.8. The van der Waals surface area contributed by atoms with Crippen molar-refractivity contribution in [3.05, 3.63) is 30.3 Å². The van der Waals surface area contributed by atoms with Gasteiger partial charge in [-0.25, -0.2) is 5.09 Å². The molecule has 136 valence electrons. The third kappa shape index (κ3) is 5.18. The molecule has 0 radical (unpaired) electrons. The molecule has 0 aliphatic heterocycles. The minimum absolute atomic E-state index is 0.0689. The second-order valence-electron chi connectivity index (χ2n) is 8.11. The summed E-state index contributed by atoms with van der Waals surface area (Å²) in [6, 6.07) is 9.67. The van der Waals surface area contributed by atoms with Crippen LogP contribution in [0.5, 0.6) is 0 Å². The Kier molecular flexibility index (Phi) is 7.10. The van der Waals surface area contributed by atoms with Crippen LogP contribution in [0.3, 0.4) is 0 Å². The molecule has 1 fully saturated rings. The van der Waals surface area contributed by atoms with Gasteiger partial charge in [-0.3, -0.25) is 4.57 Å². The summed E-state index contributed by atoms with van der Waals surface area (Å²) in [5.74, 6) is 2.10. The van der Waals surface area contributed by atoms with Crippen molar-refractivity contribution in [3.63, 3.8) is 0 Å². The standard InChI is InChI=1S/C20H34NO2P/c1-15(2)14-21-24(22,18-9-7-6-8-10-18)23-20-13-17(5)11-12-19(20)16(3)4/h6-10,15-17,19-20H,11-14H2,1-5H3,(H,21,22)/t17-,19-,20+,24+/m0/s1. The van der Waals surface area contributed by atoms with Gasteiger partial charge in [-0.05, 0) is 48.6 Å². The maximum atomic E-state index is 13.7. The summed E-state index contributed by atoms with van der Waals surface area (Å²) >= 11 is 0. The van der Waals surface area contributed by atoms with Crippen molar-refractivity contribution >= 4 is 12.8 Å². The molecule has 1 N–H and O–H groups in total. The molecule has 3 nitrogen and oxygen atoms in total. The zero-order valence-electron chi connectivity index (χ0n) is 15.9. The monoisotopic (exact) mass is 351 g/mol. The van der Waals surface area contributed by atoms with Gasteiger partial charge in [0.25, 0.3) is 7.52 Å². The lowest BCUT2D eigenvalue weighted by Gasteiger charge is -2.39. The molecule has 24 heavy (non-hydrogen) atoms. The van der Waals surface area contributed by atoms with Crippen LogP contribution in [0.2, 0.25) is 0 Å². The quantitative estimate of drug-likeness (QED) is 0.684. The molecule has 0 bridgehead atoms. The molecule has 0 unspecified atom stereocenters. The molecule has 0 spiro atoms. The van der Waals surface area contributed by atoms with Crippen molar-refractivity contribution in [1.29, 1.82) is 0 Å². The lowest BCUT2D eigenvalue weighted by Crippen LogP contribution is -2.37. The SMILES string of the molecule is CC(C)CN[P@](=O)(O[C@@H]1C[C@@H](C)CC[C@H]1C(C)C)c1ccccc1. The fourth-order valence-corrected chi connectivity index (χ4v) is 5.72. The highest BCUT2D eigenvalue weighted by atomic mass is 31.2. The fraction of sp³-hybridized carbons (Fsp3) is 0.700. The summed E-state index contributed by atoms with van der Waals surface area (Å²) in [4.78, 5) is 0. The van der Waals surface area contributed by atoms with E-state index in [9.17, 15) is 4.57 Å². The Balaban J connectivity index is 2.24. The maximum Gasteiger partial charge on any atom is 0.299 e. The van der Waals surface area contributed by atoms with Gasteiger partial charge in [0, 0.05) is 6.54 Å². The van der Waals surface area contributed by atoms with Gasteiger partial charge in [-0.1, -0.05) is 59.2 Å². The fourth-order valence-electron chi connectivity index (χ4n) is 3.54. The van der Waals surface area contributed by atoms with Gasteiger partial charge in [0.15, 0.2) is 0 Å². The van der Waals surface area contributed by atoms with Crippen molar-refractivity contribution in [2.45, 2.75) is 60.0 Å². The second kappa shape index (κ2) is 8.65. The minimum Gasteiger partial charge on any atom is -0.311 e. The van der Waals surface area contributed by atoms with Crippen LogP contribution in [0.25, 0.3) is 0 Å². The first-order chi connectivity index (χ1) is 11.3. The summed E-state index contributed by atoms with van der Waals surface area (Å²) in [6.45, 7) is 11.7. The van der Waals surface area contributed by atoms with Crippen LogP contribution in [0.1, 0.15) is 53.9 Å². The Labute approximate surface area is 148 Å². The molecule has 0 heterocycles. The average Bonchev–Trinajstić information content (AvgIpc) is 2.53. The molecule has 1 aliphatic carbocycles. The summed E-state index contributed by atoms with van der Waals surface area (Å²) in [5.41, 5.74) is 0. The van der Waals surface area contributed by atoms with Gasteiger partial charge in [0.05, 0.1) is 11.4 Å². The van der Waals surface area contributed by atoms with Crippen molar-refractivity contribution in [3.8, 4) is 0 Å². The predicted molar refractivity (Wildman–Crippen MR) is 103 cm³/mol. The molecule has 1 saturated carbocycles. The first-order valence-corrected chi connectivity index (χ1v) is 11.0. The molecule has 0 saturated heterocycles. The smallest absolute Gasteiger partial charge is 0.299 e. The summed E-state index contributed by atoms with van der Waals surface area (Å²) < 4.78 is 20.1. The summed E-state index contributed by atoms with van der Waals surface area (Å²) in [5, 5.41) is 4.05. The molecule has 2 rings (SSSR count). The van der Waals surface area contributed by atoms with E-state index >= 15 is 0 Å². The van der Waals surface area contributed by atoms with Crippen LogP contribution in [-0.2, 0) is 9.09 Å². The van der Waals surface area contributed by atoms with Crippen molar-refractivity contribution in [1.82, 2.24) is 5.09 Å². The predicted octanol–water partition coefficient (Wildman–Crippen LogP) is 5.23. The van der Waals surface area contributed by atoms with Gasteiger partial charge in [0.2, 0.25) is 0 Å².